The van der Waals surface area contributed by atoms with Crippen LogP contribution in [-0.2, 0) is 14.4 Å². The third-order valence-electron chi connectivity index (χ3n) is 5.05. The van der Waals surface area contributed by atoms with E-state index in [-0.39, 0.29) is 19.3 Å². The Morgan fingerprint density at radius 3 is 1.68 bits per heavy atom. The highest BCUT2D eigenvalue weighted by Gasteiger charge is 2.26. The number of unbranched alkanes of at least 4 members (excludes halogenated alkanes) is 4. The number of aliphatic carboxylic acids is 3. The number of nitrogens with zero attached hydrogens (tertiary/aromatic N) is 1. The monoisotopic (exact) mass is 399 g/mol. The summed E-state index contributed by atoms with van der Waals surface area (Å²) >= 11 is 0. The van der Waals surface area contributed by atoms with Gasteiger partial charge in [-0.2, -0.15) is 0 Å². The second-order valence-corrected chi connectivity index (χ2v) is 7.48. The minimum absolute atomic E-state index is 0.0266. The third-order valence-corrected chi connectivity index (χ3v) is 5.05. The lowest BCUT2D eigenvalue weighted by molar-refractivity contribution is -0.929. The van der Waals surface area contributed by atoms with E-state index in [4.69, 9.17) is 10.2 Å². The zero-order valence-corrected chi connectivity index (χ0v) is 17.2. The average Bonchev–Trinajstić information content (AvgIpc) is 2.60. The summed E-state index contributed by atoms with van der Waals surface area (Å²) in [7, 11) is 0. The summed E-state index contributed by atoms with van der Waals surface area (Å²) in [5.41, 5.74) is 0. The van der Waals surface area contributed by atoms with Crippen LogP contribution in [0, 0.1) is 0 Å². The molecular weight excluding hydrogens is 362 g/mol. The highest BCUT2D eigenvalue weighted by Crippen LogP contribution is 2.18. The molecule has 162 valence electrons. The standard InChI is InChI=1S/C21H37NO6/c1-2-3-4-5-6-7-8-15-22(16-9-12-19(23)24,17-10-13-20(25)26)18-11-14-21(27)28/h2-3H,4-18H2,1H3,(H2-,23,24,25,26,27,28)/b3-2+. The molecule has 0 aliphatic heterocycles. The molecule has 0 saturated heterocycles. The molecule has 0 aromatic carbocycles. The van der Waals surface area contributed by atoms with Gasteiger partial charge in [-0.25, -0.2) is 0 Å². The highest BCUT2D eigenvalue weighted by atomic mass is 16.4. The lowest BCUT2D eigenvalue weighted by Gasteiger charge is -2.39. The van der Waals surface area contributed by atoms with Crippen LogP contribution in [-0.4, -0.2) is 58.8 Å². The molecule has 0 unspecified atom stereocenters. The summed E-state index contributed by atoms with van der Waals surface area (Å²) in [4.78, 5) is 32.6. The fourth-order valence-electron chi connectivity index (χ4n) is 3.59. The Labute approximate surface area is 168 Å². The fraction of sp³-hybridized carbons (Fsp3) is 0.762. The smallest absolute Gasteiger partial charge is 0.303 e. The predicted octanol–water partition coefficient (Wildman–Crippen LogP) is 2.59. The van der Waals surface area contributed by atoms with Gasteiger partial charge in [-0.15, -0.1) is 0 Å². The van der Waals surface area contributed by atoms with E-state index >= 15 is 0 Å². The molecule has 0 radical (unpaired) electrons. The van der Waals surface area contributed by atoms with Crippen molar-refractivity contribution >= 4 is 17.9 Å². The van der Waals surface area contributed by atoms with Crippen molar-refractivity contribution < 1.29 is 34.2 Å². The number of allylic oxidation sites excluding steroid dienone is 2. The summed E-state index contributed by atoms with van der Waals surface area (Å²) in [6, 6.07) is 0. The highest BCUT2D eigenvalue weighted by molar-refractivity contribution is 5.66. The van der Waals surface area contributed by atoms with E-state index in [9.17, 15) is 19.5 Å². The average molecular weight is 400 g/mol. The largest absolute Gasteiger partial charge is 0.550 e. The summed E-state index contributed by atoms with van der Waals surface area (Å²) in [5.74, 6) is -2.78. The van der Waals surface area contributed by atoms with E-state index in [2.05, 4.69) is 6.08 Å². The topological polar surface area (TPSA) is 115 Å². The molecule has 0 rings (SSSR count). The first-order chi connectivity index (χ1) is 13.3. The Morgan fingerprint density at radius 2 is 1.21 bits per heavy atom. The molecule has 0 fully saturated rings. The first-order valence-electron chi connectivity index (χ1n) is 10.4. The van der Waals surface area contributed by atoms with Crippen LogP contribution in [0.15, 0.2) is 12.2 Å². The molecule has 7 heteroatoms. The normalized spacial score (nSPS) is 11.8. The van der Waals surface area contributed by atoms with Gasteiger partial charge >= 0.3 is 11.9 Å². The zero-order valence-electron chi connectivity index (χ0n) is 17.2. The van der Waals surface area contributed by atoms with E-state index in [1.165, 1.54) is 0 Å². The molecule has 28 heavy (non-hydrogen) atoms. The molecule has 0 amide bonds. The summed E-state index contributed by atoms with van der Waals surface area (Å²) in [5, 5.41) is 28.7. The summed E-state index contributed by atoms with van der Waals surface area (Å²) in [6.45, 7) is 4.73. The minimum atomic E-state index is -1.09. The Bertz CT molecular complexity index is 439. The third kappa shape index (κ3) is 15.2. The Hall–Kier alpha value is -1.89. The molecule has 0 atom stereocenters. The Balaban J connectivity index is 4.82. The predicted molar refractivity (Wildman–Crippen MR) is 106 cm³/mol. The Morgan fingerprint density at radius 1 is 0.750 bits per heavy atom. The van der Waals surface area contributed by atoms with Gasteiger partial charge in [0.05, 0.1) is 39.0 Å². The van der Waals surface area contributed by atoms with Crippen LogP contribution >= 0.6 is 0 Å². The fourth-order valence-corrected chi connectivity index (χ4v) is 3.59. The molecule has 0 aromatic rings. The summed E-state index contributed by atoms with van der Waals surface area (Å²) in [6.07, 6.45) is 11.2. The SMILES string of the molecule is C/C=C/CCCCCC[N+](CCCC(=O)[O-])(CCCC(=O)O)CCCC(=O)O. The molecule has 0 spiro atoms. The number of hydrogen-bond donors (Lipinski definition) is 2. The maximum atomic E-state index is 10.9. The van der Waals surface area contributed by atoms with Crippen LogP contribution in [0.2, 0.25) is 0 Å². The second-order valence-electron chi connectivity index (χ2n) is 7.48. The van der Waals surface area contributed by atoms with Crippen molar-refractivity contribution in [2.45, 2.75) is 77.6 Å². The van der Waals surface area contributed by atoms with Crippen LogP contribution in [0.4, 0.5) is 0 Å². The van der Waals surface area contributed by atoms with Crippen LogP contribution in [0.3, 0.4) is 0 Å². The van der Waals surface area contributed by atoms with Gasteiger partial charge in [0.2, 0.25) is 0 Å². The Kier molecular flexibility index (Phi) is 15.0. The van der Waals surface area contributed by atoms with Gasteiger partial charge in [-0.05, 0) is 39.0 Å². The maximum absolute atomic E-state index is 10.9. The molecule has 0 aromatic heterocycles. The van der Waals surface area contributed by atoms with E-state index in [0.29, 0.717) is 43.4 Å². The molecular formula is C21H37NO6. The van der Waals surface area contributed by atoms with Gasteiger partial charge in [0.15, 0.2) is 0 Å². The van der Waals surface area contributed by atoms with E-state index in [1.807, 2.05) is 13.0 Å². The van der Waals surface area contributed by atoms with Crippen molar-refractivity contribution in [3.63, 3.8) is 0 Å². The first kappa shape index (κ1) is 26.1. The van der Waals surface area contributed by atoms with Gasteiger partial charge in [0.1, 0.15) is 0 Å². The second kappa shape index (κ2) is 16.1. The lowest BCUT2D eigenvalue weighted by atomic mass is 10.1. The molecule has 0 heterocycles. The van der Waals surface area contributed by atoms with Crippen molar-refractivity contribution in [3.8, 4) is 0 Å². The van der Waals surface area contributed by atoms with Crippen LogP contribution in [0.1, 0.15) is 77.6 Å². The van der Waals surface area contributed by atoms with Gasteiger partial charge in [-0.3, -0.25) is 9.59 Å². The molecule has 7 nitrogen and oxygen atoms in total. The van der Waals surface area contributed by atoms with Crippen molar-refractivity contribution in [1.82, 2.24) is 0 Å². The van der Waals surface area contributed by atoms with Crippen LogP contribution < -0.4 is 5.11 Å². The van der Waals surface area contributed by atoms with Crippen molar-refractivity contribution in [2.24, 2.45) is 0 Å². The zero-order chi connectivity index (χ0) is 21.3. The van der Waals surface area contributed by atoms with E-state index < -0.39 is 17.9 Å². The van der Waals surface area contributed by atoms with Crippen molar-refractivity contribution in [2.75, 3.05) is 26.2 Å². The minimum Gasteiger partial charge on any atom is -0.550 e. The van der Waals surface area contributed by atoms with Gasteiger partial charge < -0.3 is 24.6 Å². The molecule has 0 saturated carbocycles. The number of carbonyl (C=O) groups is 3. The first-order valence-corrected chi connectivity index (χ1v) is 10.4. The molecule has 0 aliphatic rings. The van der Waals surface area contributed by atoms with Crippen molar-refractivity contribution in [1.29, 1.82) is 0 Å². The van der Waals surface area contributed by atoms with E-state index in [1.54, 1.807) is 0 Å². The van der Waals surface area contributed by atoms with E-state index in [0.717, 1.165) is 38.6 Å². The van der Waals surface area contributed by atoms with Gasteiger partial charge in [0.25, 0.3) is 0 Å². The number of hydrogen-bond acceptors (Lipinski definition) is 4. The van der Waals surface area contributed by atoms with Gasteiger partial charge in [0, 0.05) is 25.2 Å². The molecule has 2 N–H and O–H groups in total. The lowest BCUT2D eigenvalue weighted by Crippen LogP contribution is -2.51. The number of carbonyl (C=O) groups excluding carboxylic acids is 1. The number of rotatable bonds is 19. The quantitative estimate of drug-likeness (QED) is 0.196. The van der Waals surface area contributed by atoms with Crippen molar-refractivity contribution in [3.05, 3.63) is 12.2 Å². The van der Waals surface area contributed by atoms with Crippen LogP contribution in [0.5, 0.6) is 0 Å². The van der Waals surface area contributed by atoms with Gasteiger partial charge in [-0.1, -0.05) is 18.6 Å². The number of carboxylic acids is 3. The molecule has 0 bridgehead atoms. The summed E-state index contributed by atoms with van der Waals surface area (Å²) < 4.78 is 0.600. The maximum Gasteiger partial charge on any atom is 0.303 e. The molecule has 0 aliphatic carbocycles. The van der Waals surface area contributed by atoms with Crippen LogP contribution in [0.25, 0.3) is 0 Å². The number of carboxylic acid groups (broad SMARTS) is 3. The number of quaternary nitrogens is 1.